The van der Waals surface area contributed by atoms with Crippen LogP contribution in [0.25, 0.3) is 11.0 Å². The van der Waals surface area contributed by atoms with Gasteiger partial charge in [-0.1, -0.05) is 56.8 Å². The lowest BCUT2D eigenvalue weighted by Gasteiger charge is -2.13. The number of benzene rings is 3. The van der Waals surface area contributed by atoms with Crippen molar-refractivity contribution >= 4 is 89.8 Å². The van der Waals surface area contributed by atoms with Gasteiger partial charge < -0.3 is 13.9 Å². The summed E-state index contributed by atoms with van der Waals surface area (Å²) >= 11 is 25.3. The standard InChI is InChI=1S/C24H15Br2Cl3N2O4/c1-33-20-6-13(5-19(29)23(20)34-11-12-2-3-17(27)18(28)4-12)10-30-31-24(32)21-8-14-7-15(25)9-16(26)22(14)35-21/h2-10H,11H2,1H3,(H,31,32)/b30-10-. The number of rotatable bonds is 7. The Bertz CT molecular complexity index is 1460. The molecule has 1 amide bonds. The third-order valence-electron chi connectivity index (χ3n) is 4.76. The van der Waals surface area contributed by atoms with Crippen LogP contribution >= 0.6 is 66.7 Å². The second-order valence-corrected chi connectivity index (χ2v) is 10.2. The summed E-state index contributed by atoms with van der Waals surface area (Å²) in [6, 6.07) is 13.9. The SMILES string of the molecule is COc1cc(/C=N\NC(=O)c2cc3cc(Br)cc(Br)c3o2)cc(Cl)c1OCc1ccc(Cl)c(Cl)c1. The summed E-state index contributed by atoms with van der Waals surface area (Å²) in [7, 11) is 1.50. The average molecular weight is 662 g/mol. The lowest BCUT2D eigenvalue weighted by atomic mass is 10.2. The normalized spacial score (nSPS) is 11.3. The Morgan fingerprint density at radius 3 is 2.60 bits per heavy atom. The molecular weight excluding hydrogens is 646 g/mol. The predicted molar refractivity (Wildman–Crippen MR) is 145 cm³/mol. The van der Waals surface area contributed by atoms with Crippen molar-refractivity contribution in [3.05, 3.63) is 89.4 Å². The molecule has 0 radical (unpaired) electrons. The Morgan fingerprint density at radius 1 is 1.06 bits per heavy atom. The third-order valence-corrected chi connectivity index (χ3v) is 6.82. The third kappa shape index (κ3) is 6.13. The number of carbonyl (C=O) groups is 1. The molecule has 1 heterocycles. The van der Waals surface area contributed by atoms with Crippen LogP contribution in [0.15, 0.2) is 67.0 Å². The van der Waals surface area contributed by atoms with E-state index in [-0.39, 0.29) is 12.4 Å². The number of nitrogens with one attached hydrogen (secondary N) is 1. The van der Waals surface area contributed by atoms with Crippen molar-refractivity contribution in [2.24, 2.45) is 5.10 Å². The van der Waals surface area contributed by atoms with E-state index in [4.69, 9.17) is 48.7 Å². The van der Waals surface area contributed by atoms with E-state index in [1.807, 2.05) is 12.1 Å². The topological polar surface area (TPSA) is 73.1 Å². The van der Waals surface area contributed by atoms with E-state index in [1.54, 1.807) is 36.4 Å². The summed E-state index contributed by atoms with van der Waals surface area (Å²) in [6.45, 7) is 0.209. The molecule has 4 aromatic rings. The van der Waals surface area contributed by atoms with Crippen LogP contribution in [-0.2, 0) is 6.61 Å². The molecule has 0 bridgehead atoms. The Kier molecular flexibility index (Phi) is 8.29. The maximum atomic E-state index is 12.5. The van der Waals surface area contributed by atoms with E-state index in [0.29, 0.717) is 37.7 Å². The zero-order valence-corrected chi connectivity index (χ0v) is 23.3. The average Bonchev–Trinajstić information content (AvgIpc) is 3.25. The molecule has 1 aromatic heterocycles. The zero-order chi connectivity index (χ0) is 25.1. The summed E-state index contributed by atoms with van der Waals surface area (Å²) in [5.74, 6) is 0.385. The molecule has 180 valence electrons. The second kappa shape index (κ2) is 11.2. The fraction of sp³-hybridized carbons (Fsp3) is 0.0833. The van der Waals surface area contributed by atoms with E-state index < -0.39 is 5.91 Å². The molecule has 0 atom stereocenters. The van der Waals surface area contributed by atoms with Gasteiger partial charge in [0.2, 0.25) is 0 Å². The molecule has 0 saturated carbocycles. The molecular formula is C24H15Br2Cl3N2O4. The van der Waals surface area contributed by atoms with Gasteiger partial charge in [-0.05, 0) is 69.5 Å². The molecule has 1 N–H and O–H groups in total. The molecule has 0 aliphatic heterocycles. The fourth-order valence-corrected chi connectivity index (χ4v) is 5.08. The number of fused-ring (bicyclic) bond motifs is 1. The minimum Gasteiger partial charge on any atom is -0.493 e. The summed E-state index contributed by atoms with van der Waals surface area (Å²) in [5.41, 5.74) is 4.41. The van der Waals surface area contributed by atoms with Crippen LogP contribution in [0, 0.1) is 0 Å². The minimum atomic E-state index is -0.500. The van der Waals surface area contributed by atoms with Gasteiger partial charge in [0.15, 0.2) is 17.3 Å². The van der Waals surface area contributed by atoms with E-state index in [0.717, 1.165) is 19.9 Å². The van der Waals surface area contributed by atoms with Gasteiger partial charge in [0.1, 0.15) is 12.2 Å². The first-order valence-electron chi connectivity index (χ1n) is 9.91. The second-order valence-electron chi connectivity index (χ2n) is 7.19. The van der Waals surface area contributed by atoms with Gasteiger partial charge in [-0.3, -0.25) is 4.79 Å². The van der Waals surface area contributed by atoms with Gasteiger partial charge in [0.25, 0.3) is 0 Å². The molecule has 6 nitrogen and oxygen atoms in total. The zero-order valence-electron chi connectivity index (χ0n) is 17.9. The van der Waals surface area contributed by atoms with E-state index >= 15 is 0 Å². The van der Waals surface area contributed by atoms with Gasteiger partial charge in [-0.25, -0.2) is 5.43 Å². The maximum absolute atomic E-state index is 12.5. The summed E-state index contributed by atoms with van der Waals surface area (Å²) < 4.78 is 18.5. The van der Waals surface area contributed by atoms with Crippen molar-refractivity contribution in [1.29, 1.82) is 0 Å². The number of nitrogens with zero attached hydrogens (tertiary/aromatic N) is 1. The molecule has 0 aliphatic rings. The largest absolute Gasteiger partial charge is 0.493 e. The van der Waals surface area contributed by atoms with Crippen LogP contribution in [0.1, 0.15) is 21.7 Å². The van der Waals surface area contributed by atoms with Crippen molar-refractivity contribution in [2.45, 2.75) is 6.61 Å². The molecule has 11 heteroatoms. The van der Waals surface area contributed by atoms with Crippen LogP contribution in [-0.4, -0.2) is 19.2 Å². The molecule has 3 aromatic carbocycles. The lowest BCUT2D eigenvalue weighted by molar-refractivity contribution is 0.0929. The van der Waals surface area contributed by atoms with Crippen LogP contribution in [0.3, 0.4) is 0 Å². The van der Waals surface area contributed by atoms with Gasteiger partial charge in [-0.15, -0.1) is 0 Å². The minimum absolute atomic E-state index is 0.123. The molecule has 0 saturated heterocycles. The van der Waals surface area contributed by atoms with E-state index in [9.17, 15) is 4.79 Å². The monoisotopic (exact) mass is 658 g/mol. The Hall–Kier alpha value is -2.23. The van der Waals surface area contributed by atoms with E-state index in [1.165, 1.54) is 13.3 Å². The highest BCUT2D eigenvalue weighted by molar-refractivity contribution is 9.11. The number of ether oxygens (including phenoxy) is 2. The maximum Gasteiger partial charge on any atom is 0.307 e. The van der Waals surface area contributed by atoms with Crippen molar-refractivity contribution < 1.29 is 18.7 Å². The first-order valence-corrected chi connectivity index (χ1v) is 12.6. The molecule has 0 aliphatic carbocycles. The van der Waals surface area contributed by atoms with Crippen molar-refractivity contribution in [2.75, 3.05) is 7.11 Å². The Morgan fingerprint density at radius 2 is 1.86 bits per heavy atom. The molecule has 0 spiro atoms. The smallest absolute Gasteiger partial charge is 0.307 e. The first kappa shape index (κ1) is 25.9. The van der Waals surface area contributed by atoms with Gasteiger partial charge in [-0.2, -0.15) is 5.10 Å². The number of hydrogen-bond acceptors (Lipinski definition) is 5. The number of amides is 1. The van der Waals surface area contributed by atoms with E-state index in [2.05, 4.69) is 42.4 Å². The predicted octanol–water partition coefficient (Wildman–Crippen LogP) is 8.27. The van der Waals surface area contributed by atoms with Crippen molar-refractivity contribution in [3.63, 3.8) is 0 Å². The highest BCUT2D eigenvalue weighted by Gasteiger charge is 2.15. The first-order chi connectivity index (χ1) is 16.7. The van der Waals surface area contributed by atoms with Gasteiger partial charge in [0, 0.05) is 9.86 Å². The number of halogens is 5. The van der Waals surface area contributed by atoms with Crippen LogP contribution in [0.2, 0.25) is 15.1 Å². The van der Waals surface area contributed by atoms with Crippen LogP contribution in [0.4, 0.5) is 0 Å². The number of hydrazone groups is 1. The fourth-order valence-electron chi connectivity index (χ4n) is 3.15. The summed E-state index contributed by atoms with van der Waals surface area (Å²) in [5, 5.41) is 5.97. The lowest BCUT2D eigenvalue weighted by Crippen LogP contribution is -2.16. The molecule has 0 unspecified atom stereocenters. The summed E-state index contributed by atoms with van der Waals surface area (Å²) in [6.07, 6.45) is 1.43. The number of carbonyl (C=O) groups excluding carboxylic acids is 1. The highest BCUT2D eigenvalue weighted by atomic mass is 79.9. The Balaban J connectivity index is 1.45. The van der Waals surface area contributed by atoms with Gasteiger partial charge in [0.05, 0.1) is 32.9 Å². The highest BCUT2D eigenvalue weighted by Crippen LogP contribution is 2.37. The molecule has 0 fully saturated rings. The molecule has 35 heavy (non-hydrogen) atoms. The number of furan rings is 1. The van der Waals surface area contributed by atoms with Crippen molar-refractivity contribution in [3.8, 4) is 11.5 Å². The van der Waals surface area contributed by atoms with Crippen LogP contribution in [0.5, 0.6) is 11.5 Å². The molecule has 4 rings (SSSR count). The number of hydrogen-bond donors (Lipinski definition) is 1. The van der Waals surface area contributed by atoms with Crippen LogP contribution < -0.4 is 14.9 Å². The Labute approximate surface area is 232 Å². The number of methoxy groups -OCH3 is 1. The quantitative estimate of drug-likeness (QED) is 0.160. The van der Waals surface area contributed by atoms with Crippen molar-refractivity contribution in [1.82, 2.24) is 5.43 Å². The van der Waals surface area contributed by atoms with Gasteiger partial charge >= 0.3 is 5.91 Å². The summed E-state index contributed by atoms with van der Waals surface area (Å²) in [4.78, 5) is 12.5.